The van der Waals surface area contributed by atoms with Crippen LogP contribution in [0.4, 0.5) is 5.69 Å². The average Bonchev–Trinajstić information content (AvgIpc) is 3.44. The predicted molar refractivity (Wildman–Crippen MR) is 161 cm³/mol. The molecule has 1 aliphatic heterocycles. The van der Waals surface area contributed by atoms with Crippen molar-refractivity contribution >= 4 is 29.3 Å². The van der Waals surface area contributed by atoms with E-state index in [4.69, 9.17) is 9.47 Å². The Labute approximate surface area is 249 Å². The number of carbonyl (C=O) groups excluding carboxylic acids is 2. The van der Waals surface area contributed by atoms with E-state index < -0.39 is 6.04 Å². The number of amides is 2. The molecular weight excluding hydrogens is 550 g/mol. The first-order chi connectivity index (χ1) is 20.3. The van der Waals surface area contributed by atoms with Crippen LogP contribution in [0.5, 0.6) is 11.5 Å². The molecule has 1 N–H and O–H groups in total. The molecule has 1 unspecified atom stereocenters. The van der Waals surface area contributed by atoms with Crippen molar-refractivity contribution in [1.29, 1.82) is 0 Å². The first-order valence-electron chi connectivity index (χ1n) is 13.7. The summed E-state index contributed by atoms with van der Waals surface area (Å²) in [6.07, 6.45) is 3.38. The van der Waals surface area contributed by atoms with Gasteiger partial charge in [0.25, 0.3) is 5.91 Å². The molecule has 0 spiro atoms. The van der Waals surface area contributed by atoms with Gasteiger partial charge in [0.15, 0.2) is 16.7 Å². The normalized spacial score (nSPS) is 12.7. The van der Waals surface area contributed by atoms with Crippen molar-refractivity contribution in [3.63, 3.8) is 0 Å². The van der Waals surface area contributed by atoms with E-state index in [1.165, 1.54) is 11.8 Å². The summed E-state index contributed by atoms with van der Waals surface area (Å²) >= 11 is 1.25. The second-order valence-corrected chi connectivity index (χ2v) is 11.3. The Bertz CT molecular complexity index is 1540. The summed E-state index contributed by atoms with van der Waals surface area (Å²) in [5, 5.41) is 3.52. The van der Waals surface area contributed by atoms with Gasteiger partial charge in [-0.25, -0.2) is 9.97 Å². The van der Waals surface area contributed by atoms with Crippen LogP contribution in [-0.4, -0.2) is 44.2 Å². The summed E-state index contributed by atoms with van der Waals surface area (Å²) in [5.74, 6) is 0.969. The fraction of sp³-hybridized carbons (Fsp3) is 0.281. The van der Waals surface area contributed by atoms with Crippen LogP contribution in [0.15, 0.2) is 78.2 Å². The highest BCUT2D eigenvalue weighted by Gasteiger charge is 2.32. The van der Waals surface area contributed by atoms with Crippen molar-refractivity contribution in [1.82, 2.24) is 19.9 Å². The van der Waals surface area contributed by atoms with Crippen molar-refractivity contribution in [3.05, 3.63) is 101 Å². The lowest BCUT2D eigenvalue weighted by atomic mass is 9.97. The Balaban J connectivity index is 1.49. The first kappa shape index (κ1) is 29.1. The molecule has 0 saturated carbocycles. The van der Waals surface area contributed by atoms with Crippen LogP contribution in [0.25, 0.3) is 0 Å². The van der Waals surface area contributed by atoms with Gasteiger partial charge >= 0.3 is 0 Å². The number of rotatable bonds is 10. The van der Waals surface area contributed by atoms with Crippen LogP contribution in [0.2, 0.25) is 0 Å². The summed E-state index contributed by atoms with van der Waals surface area (Å²) in [4.78, 5) is 42.9. The van der Waals surface area contributed by atoms with Gasteiger partial charge in [-0.1, -0.05) is 55.9 Å². The lowest BCUT2D eigenvalue weighted by Gasteiger charge is -2.31. The van der Waals surface area contributed by atoms with Gasteiger partial charge in [-0.05, 0) is 60.7 Å². The lowest BCUT2D eigenvalue weighted by Crippen LogP contribution is -2.41. The van der Waals surface area contributed by atoms with Crippen LogP contribution < -0.4 is 14.8 Å². The highest BCUT2D eigenvalue weighted by atomic mass is 32.2. The smallest absolute Gasteiger partial charge is 0.251 e. The third-order valence-electron chi connectivity index (χ3n) is 6.80. The Morgan fingerprint density at radius 2 is 1.67 bits per heavy atom. The Morgan fingerprint density at radius 1 is 0.952 bits per heavy atom. The number of aromatic nitrogens is 3. The molecule has 0 radical (unpaired) electrons. The third kappa shape index (κ3) is 7.06. The molecular formula is C32H33N5O4S. The molecule has 3 heterocycles. The Morgan fingerprint density at radius 3 is 2.36 bits per heavy atom. The molecule has 0 saturated heterocycles. The van der Waals surface area contributed by atoms with Crippen molar-refractivity contribution in [2.24, 2.45) is 0 Å². The zero-order valence-corrected chi connectivity index (χ0v) is 24.9. The fourth-order valence-corrected chi connectivity index (χ4v) is 5.54. The van der Waals surface area contributed by atoms with Crippen LogP contribution in [0.1, 0.15) is 53.9 Å². The zero-order chi connectivity index (χ0) is 29.6. The number of nitrogens with zero attached hydrogens (tertiary/aromatic N) is 4. The number of thioether (sulfide) groups is 1. The third-order valence-corrected chi connectivity index (χ3v) is 7.63. The molecule has 1 aliphatic rings. The molecule has 2 aromatic carbocycles. The average molecular weight is 584 g/mol. The highest BCUT2D eigenvalue weighted by molar-refractivity contribution is 7.99. The molecule has 1 atom stereocenters. The van der Waals surface area contributed by atoms with Crippen LogP contribution in [-0.2, 0) is 16.1 Å². The second kappa shape index (κ2) is 13.0. The van der Waals surface area contributed by atoms with Gasteiger partial charge in [-0.15, -0.1) is 0 Å². The monoisotopic (exact) mass is 583 g/mol. The zero-order valence-electron chi connectivity index (χ0n) is 24.0. The lowest BCUT2D eigenvalue weighted by molar-refractivity contribution is -0.137. The molecule has 0 fully saturated rings. The molecule has 5 rings (SSSR count). The Hall–Kier alpha value is -4.44. The van der Waals surface area contributed by atoms with Gasteiger partial charge in [-0.2, -0.15) is 0 Å². The maximum absolute atomic E-state index is 14.1. The van der Waals surface area contributed by atoms with E-state index >= 15 is 0 Å². The topological polar surface area (TPSA) is 107 Å². The molecule has 4 aromatic rings. The van der Waals surface area contributed by atoms with Crippen LogP contribution in [0.3, 0.4) is 0 Å². The molecule has 2 amide bonds. The SMILES string of the molecule is Cc1cc(C)nc(SCC(=O)N(Cc2cccnc2)C(C(=O)Nc2ccc3c(c2)OCO3)c2ccc(C(C)C)cc2)n1. The van der Waals surface area contributed by atoms with Gasteiger partial charge in [0, 0.05) is 42.1 Å². The highest BCUT2D eigenvalue weighted by Crippen LogP contribution is 2.35. The van der Waals surface area contributed by atoms with Gasteiger partial charge in [0.05, 0.1) is 5.75 Å². The summed E-state index contributed by atoms with van der Waals surface area (Å²) < 4.78 is 10.9. The molecule has 216 valence electrons. The standard InChI is InChI=1S/C32H33N5O4S/c1-20(2)24-7-9-25(10-8-24)30(31(39)36-26-11-12-27-28(15-26)41-19-40-27)37(17-23-6-5-13-33-16-23)29(38)18-42-32-34-21(3)14-22(4)35-32/h5-16,20,30H,17-19H2,1-4H3,(H,36,39). The molecule has 42 heavy (non-hydrogen) atoms. The number of aryl methyl sites for hydroxylation is 2. The predicted octanol–water partition coefficient (Wildman–Crippen LogP) is 5.84. The molecule has 2 aromatic heterocycles. The quantitative estimate of drug-likeness (QED) is 0.183. The molecule has 10 heteroatoms. The van der Waals surface area contributed by atoms with Crippen LogP contribution >= 0.6 is 11.8 Å². The van der Waals surface area contributed by atoms with E-state index in [1.54, 1.807) is 35.5 Å². The van der Waals surface area contributed by atoms with Gasteiger partial charge in [0.1, 0.15) is 6.04 Å². The minimum atomic E-state index is -0.926. The molecule has 0 bridgehead atoms. The molecule has 9 nitrogen and oxygen atoms in total. The number of hydrogen-bond acceptors (Lipinski definition) is 8. The molecule has 0 aliphatic carbocycles. The number of carbonyl (C=O) groups is 2. The van der Waals surface area contributed by atoms with E-state index in [2.05, 4.69) is 34.1 Å². The Kier molecular flexibility index (Phi) is 9.02. The largest absolute Gasteiger partial charge is 0.454 e. The number of fused-ring (bicyclic) bond motifs is 1. The van der Waals surface area contributed by atoms with E-state index in [-0.39, 0.29) is 30.9 Å². The summed E-state index contributed by atoms with van der Waals surface area (Å²) in [6, 6.07) is 17.7. The van der Waals surface area contributed by atoms with E-state index in [0.717, 1.165) is 22.5 Å². The summed E-state index contributed by atoms with van der Waals surface area (Å²) in [7, 11) is 0. The van der Waals surface area contributed by atoms with Crippen molar-refractivity contribution in [3.8, 4) is 11.5 Å². The number of ether oxygens (including phenoxy) is 2. The van der Waals surface area contributed by atoms with Crippen molar-refractivity contribution < 1.29 is 19.1 Å². The van der Waals surface area contributed by atoms with Gasteiger partial charge in [0.2, 0.25) is 12.7 Å². The number of nitrogens with one attached hydrogen (secondary N) is 1. The summed E-state index contributed by atoms with van der Waals surface area (Å²) in [5.41, 5.74) is 4.84. The van der Waals surface area contributed by atoms with Gasteiger partial charge in [-0.3, -0.25) is 14.6 Å². The van der Waals surface area contributed by atoms with E-state index in [1.807, 2.05) is 56.3 Å². The van der Waals surface area contributed by atoms with E-state index in [0.29, 0.717) is 33.8 Å². The maximum Gasteiger partial charge on any atom is 0.251 e. The first-order valence-corrected chi connectivity index (χ1v) is 14.7. The second-order valence-electron chi connectivity index (χ2n) is 10.4. The fourth-order valence-electron chi connectivity index (χ4n) is 4.70. The van der Waals surface area contributed by atoms with Crippen molar-refractivity contribution in [2.45, 2.75) is 51.4 Å². The summed E-state index contributed by atoms with van der Waals surface area (Å²) in [6.45, 7) is 8.34. The minimum Gasteiger partial charge on any atom is -0.454 e. The van der Waals surface area contributed by atoms with Crippen LogP contribution in [0, 0.1) is 13.8 Å². The number of pyridine rings is 1. The number of hydrogen-bond donors (Lipinski definition) is 1. The number of benzene rings is 2. The van der Waals surface area contributed by atoms with E-state index in [9.17, 15) is 9.59 Å². The minimum absolute atomic E-state index is 0.0566. The van der Waals surface area contributed by atoms with Crippen molar-refractivity contribution in [2.75, 3.05) is 17.9 Å². The maximum atomic E-state index is 14.1. The van der Waals surface area contributed by atoms with Gasteiger partial charge < -0.3 is 19.7 Å². The number of anilines is 1.